The zero-order valence-corrected chi connectivity index (χ0v) is 18.6. The van der Waals surface area contributed by atoms with E-state index in [1.165, 1.54) is 16.4 Å². The number of nitrogens with one attached hydrogen (secondary N) is 2. The van der Waals surface area contributed by atoms with E-state index in [4.69, 9.17) is 4.74 Å². The standard InChI is InChI=1S/C21H24N6O3S/c1-13-9-14(2)20(15(3)10-13)23-18(28)11-22-19(29)12-31-21-24-25-26-27(21)16-7-5-6-8-17(16)30-4/h5-10H,11-12H2,1-4H3,(H,22,29)(H,23,28). The maximum Gasteiger partial charge on any atom is 0.243 e. The van der Waals surface area contributed by atoms with Crippen molar-refractivity contribution >= 4 is 29.3 Å². The lowest BCUT2D eigenvalue weighted by atomic mass is 10.1. The molecule has 0 spiro atoms. The molecule has 2 N–H and O–H groups in total. The minimum absolute atomic E-state index is 0.0609. The monoisotopic (exact) mass is 440 g/mol. The van der Waals surface area contributed by atoms with Crippen molar-refractivity contribution in [2.45, 2.75) is 25.9 Å². The fourth-order valence-corrected chi connectivity index (χ4v) is 3.86. The fourth-order valence-electron chi connectivity index (χ4n) is 3.15. The molecule has 0 aliphatic heterocycles. The van der Waals surface area contributed by atoms with E-state index in [-0.39, 0.29) is 24.1 Å². The van der Waals surface area contributed by atoms with Crippen LogP contribution in [0.3, 0.4) is 0 Å². The third kappa shape index (κ3) is 5.60. The van der Waals surface area contributed by atoms with Gasteiger partial charge >= 0.3 is 0 Å². The van der Waals surface area contributed by atoms with Crippen LogP contribution in [0, 0.1) is 20.8 Å². The first-order valence-electron chi connectivity index (χ1n) is 9.58. The van der Waals surface area contributed by atoms with E-state index >= 15 is 0 Å². The number of aromatic nitrogens is 4. The summed E-state index contributed by atoms with van der Waals surface area (Å²) in [5.74, 6) is 0.0876. The van der Waals surface area contributed by atoms with Crippen LogP contribution in [0.25, 0.3) is 5.69 Å². The number of amides is 2. The highest BCUT2D eigenvalue weighted by Crippen LogP contribution is 2.25. The molecule has 0 radical (unpaired) electrons. The molecule has 0 fully saturated rings. The molecule has 0 unspecified atom stereocenters. The van der Waals surface area contributed by atoms with Gasteiger partial charge in [0.05, 0.1) is 19.4 Å². The van der Waals surface area contributed by atoms with Gasteiger partial charge in [-0.2, -0.15) is 4.68 Å². The number of ether oxygens (including phenoxy) is 1. The number of carbonyl (C=O) groups is 2. The average molecular weight is 441 g/mol. The van der Waals surface area contributed by atoms with E-state index in [2.05, 4.69) is 26.2 Å². The molecule has 0 bridgehead atoms. The van der Waals surface area contributed by atoms with Gasteiger partial charge in [0.15, 0.2) is 0 Å². The van der Waals surface area contributed by atoms with Crippen molar-refractivity contribution in [3.63, 3.8) is 0 Å². The molecule has 1 heterocycles. The Balaban J connectivity index is 1.54. The Labute approximate surface area is 184 Å². The summed E-state index contributed by atoms with van der Waals surface area (Å²) in [6, 6.07) is 11.3. The summed E-state index contributed by atoms with van der Waals surface area (Å²) < 4.78 is 6.84. The van der Waals surface area contributed by atoms with Crippen LogP contribution in [0.1, 0.15) is 16.7 Å². The smallest absolute Gasteiger partial charge is 0.243 e. The van der Waals surface area contributed by atoms with Gasteiger partial charge in [0.25, 0.3) is 0 Å². The molecule has 0 atom stereocenters. The van der Waals surface area contributed by atoms with Gasteiger partial charge < -0.3 is 15.4 Å². The second-order valence-corrected chi connectivity index (χ2v) is 7.87. The maximum absolute atomic E-state index is 12.3. The maximum atomic E-state index is 12.3. The summed E-state index contributed by atoms with van der Waals surface area (Å²) in [5.41, 5.74) is 4.54. The molecule has 0 aliphatic carbocycles. The molecule has 31 heavy (non-hydrogen) atoms. The van der Waals surface area contributed by atoms with Gasteiger partial charge in [0.2, 0.25) is 17.0 Å². The predicted octanol–water partition coefficient (Wildman–Crippen LogP) is 2.44. The van der Waals surface area contributed by atoms with Gasteiger partial charge in [-0.25, -0.2) is 0 Å². The number of anilines is 1. The lowest BCUT2D eigenvalue weighted by Gasteiger charge is -2.13. The number of tetrazole rings is 1. The van der Waals surface area contributed by atoms with Crippen molar-refractivity contribution < 1.29 is 14.3 Å². The predicted molar refractivity (Wildman–Crippen MR) is 119 cm³/mol. The molecule has 2 aromatic carbocycles. The van der Waals surface area contributed by atoms with Crippen LogP contribution < -0.4 is 15.4 Å². The van der Waals surface area contributed by atoms with Crippen molar-refractivity contribution in [3.05, 3.63) is 53.1 Å². The Bertz CT molecular complexity index is 1080. The van der Waals surface area contributed by atoms with Crippen LogP contribution in [0.5, 0.6) is 5.75 Å². The third-order valence-electron chi connectivity index (χ3n) is 4.47. The molecule has 1 aromatic heterocycles. The number of thioether (sulfide) groups is 1. The third-order valence-corrected chi connectivity index (χ3v) is 5.39. The van der Waals surface area contributed by atoms with Crippen LogP contribution in [-0.4, -0.2) is 51.4 Å². The number of para-hydroxylation sites is 2. The molecule has 0 aliphatic rings. The van der Waals surface area contributed by atoms with Gasteiger partial charge in [-0.05, 0) is 54.5 Å². The average Bonchev–Trinajstić information content (AvgIpc) is 3.21. The van der Waals surface area contributed by atoms with Crippen LogP contribution in [0.4, 0.5) is 5.69 Å². The van der Waals surface area contributed by atoms with Gasteiger partial charge in [0.1, 0.15) is 11.4 Å². The highest BCUT2D eigenvalue weighted by Gasteiger charge is 2.15. The molecular weight excluding hydrogens is 416 g/mol. The molecule has 2 amide bonds. The van der Waals surface area contributed by atoms with Crippen molar-refractivity contribution in [2.75, 3.05) is 24.7 Å². The summed E-state index contributed by atoms with van der Waals surface area (Å²) in [5, 5.41) is 17.6. The van der Waals surface area contributed by atoms with Crippen molar-refractivity contribution in [2.24, 2.45) is 0 Å². The zero-order valence-electron chi connectivity index (χ0n) is 17.8. The van der Waals surface area contributed by atoms with E-state index in [1.54, 1.807) is 13.2 Å². The number of hydrogen-bond acceptors (Lipinski definition) is 7. The Morgan fingerprint density at radius 3 is 2.52 bits per heavy atom. The van der Waals surface area contributed by atoms with E-state index in [1.807, 2.05) is 51.1 Å². The van der Waals surface area contributed by atoms with Crippen molar-refractivity contribution in [1.82, 2.24) is 25.5 Å². The number of nitrogens with zero attached hydrogens (tertiary/aromatic N) is 4. The number of aryl methyl sites for hydroxylation is 3. The summed E-state index contributed by atoms with van der Waals surface area (Å²) >= 11 is 1.17. The largest absolute Gasteiger partial charge is 0.494 e. The molecular formula is C21H24N6O3S. The first-order chi connectivity index (χ1) is 14.9. The number of carbonyl (C=O) groups excluding carboxylic acids is 2. The lowest BCUT2D eigenvalue weighted by molar-refractivity contribution is -0.122. The van der Waals surface area contributed by atoms with Gasteiger partial charge in [0, 0.05) is 5.69 Å². The van der Waals surface area contributed by atoms with Crippen LogP contribution >= 0.6 is 11.8 Å². The SMILES string of the molecule is COc1ccccc1-n1nnnc1SCC(=O)NCC(=O)Nc1c(C)cc(C)cc1C. The summed E-state index contributed by atoms with van der Waals surface area (Å²) in [7, 11) is 1.56. The molecule has 10 heteroatoms. The molecule has 3 rings (SSSR count). The van der Waals surface area contributed by atoms with Gasteiger partial charge in [-0.3, -0.25) is 9.59 Å². The summed E-state index contributed by atoms with van der Waals surface area (Å²) in [6.45, 7) is 5.77. The molecule has 0 saturated heterocycles. The molecule has 9 nitrogen and oxygen atoms in total. The zero-order chi connectivity index (χ0) is 22.4. The number of rotatable bonds is 8. The Morgan fingerprint density at radius 2 is 1.81 bits per heavy atom. The van der Waals surface area contributed by atoms with Crippen molar-refractivity contribution in [1.29, 1.82) is 0 Å². The Morgan fingerprint density at radius 1 is 1.10 bits per heavy atom. The highest BCUT2D eigenvalue weighted by molar-refractivity contribution is 7.99. The second-order valence-electron chi connectivity index (χ2n) is 6.93. The summed E-state index contributed by atoms with van der Waals surface area (Å²) in [4.78, 5) is 24.5. The minimum atomic E-state index is -0.299. The fraction of sp³-hybridized carbons (Fsp3) is 0.286. The van der Waals surface area contributed by atoms with E-state index < -0.39 is 0 Å². The van der Waals surface area contributed by atoms with Crippen molar-refractivity contribution in [3.8, 4) is 11.4 Å². The van der Waals surface area contributed by atoms with Gasteiger partial charge in [-0.1, -0.05) is 41.6 Å². The van der Waals surface area contributed by atoms with E-state index in [0.717, 1.165) is 22.4 Å². The quantitative estimate of drug-likeness (QED) is 0.518. The highest BCUT2D eigenvalue weighted by atomic mass is 32.2. The van der Waals surface area contributed by atoms with Crippen LogP contribution in [-0.2, 0) is 9.59 Å². The van der Waals surface area contributed by atoms with E-state index in [0.29, 0.717) is 16.6 Å². The first kappa shape index (κ1) is 22.3. The summed E-state index contributed by atoms with van der Waals surface area (Å²) in [6.07, 6.45) is 0. The molecule has 3 aromatic rings. The molecule has 162 valence electrons. The topological polar surface area (TPSA) is 111 Å². The van der Waals surface area contributed by atoms with Crippen LogP contribution in [0.15, 0.2) is 41.6 Å². The normalized spacial score (nSPS) is 10.6. The number of methoxy groups -OCH3 is 1. The van der Waals surface area contributed by atoms with Crippen LogP contribution in [0.2, 0.25) is 0 Å². The van der Waals surface area contributed by atoms with E-state index in [9.17, 15) is 9.59 Å². The number of hydrogen-bond donors (Lipinski definition) is 2. The Kier molecular flexibility index (Phi) is 7.24. The first-order valence-corrected chi connectivity index (χ1v) is 10.6. The number of benzene rings is 2. The van der Waals surface area contributed by atoms with Gasteiger partial charge in [-0.15, -0.1) is 5.10 Å². The lowest BCUT2D eigenvalue weighted by Crippen LogP contribution is -2.34. The minimum Gasteiger partial charge on any atom is -0.494 e. The second kappa shape index (κ2) is 10.1. The Hall–Kier alpha value is -3.40. The molecule has 0 saturated carbocycles.